The van der Waals surface area contributed by atoms with Crippen LogP contribution in [0.5, 0.6) is 5.75 Å². The summed E-state index contributed by atoms with van der Waals surface area (Å²) in [6.07, 6.45) is -0.328. The molecular formula is C10H11N3O5. The fraction of sp³-hybridized carbons (Fsp3) is 0.200. The van der Waals surface area contributed by atoms with Crippen LogP contribution in [0.15, 0.2) is 24.3 Å². The molecule has 1 atom stereocenters. The number of nitro groups is 1. The molecule has 1 aromatic rings. The van der Waals surface area contributed by atoms with E-state index in [9.17, 15) is 19.7 Å². The SMILES string of the molecule is NC(=O)CC(N)C(=O)Oc1ccc([N+](=O)[O-])cc1. The first kappa shape index (κ1) is 13.6. The zero-order valence-corrected chi connectivity index (χ0v) is 9.24. The predicted molar refractivity (Wildman–Crippen MR) is 60.5 cm³/mol. The maximum atomic E-state index is 11.4. The Morgan fingerprint density at radius 3 is 2.33 bits per heavy atom. The monoisotopic (exact) mass is 253 g/mol. The summed E-state index contributed by atoms with van der Waals surface area (Å²) in [5.41, 5.74) is 10.1. The average Bonchev–Trinajstić information content (AvgIpc) is 2.28. The molecule has 4 N–H and O–H groups in total. The van der Waals surface area contributed by atoms with Crippen molar-refractivity contribution in [1.82, 2.24) is 0 Å². The Morgan fingerprint density at radius 2 is 1.89 bits per heavy atom. The van der Waals surface area contributed by atoms with Gasteiger partial charge in [-0.15, -0.1) is 0 Å². The largest absolute Gasteiger partial charge is 0.425 e. The molecule has 0 saturated carbocycles. The number of nitrogens with zero attached hydrogens (tertiary/aromatic N) is 1. The summed E-state index contributed by atoms with van der Waals surface area (Å²) in [5, 5.41) is 10.4. The number of hydrogen-bond donors (Lipinski definition) is 2. The van der Waals surface area contributed by atoms with Crippen LogP contribution in [0.2, 0.25) is 0 Å². The maximum absolute atomic E-state index is 11.4. The van der Waals surface area contributed by atoms with E-state index in [1.807, 2.05) is 0 Å². The van der Waals surface area contributed by atoms with Gasteiger partial charge in [-0.1, -0.05) is 0 Å². The third kappa shape index (κ3) is 3.83. The maximum Gasteiger partial charge on any atom is 0.328 e. The molecule has 0 saturated heterocycles. The van der Waals surface area contributed by atoms with Crippen molar-refractivity contribution in [2.24, 2.45) is 11.5 Å². The molecule has 8 nitrogen and oxygen atoms in total. The second-order valence-corrected chi connectivity index (χ2v) is 3.45. The second kappa shape index (κ2) is 5.73. The zero-order chi connectivity index (χ0) is 13.7. The molecule has 0 heterocycles. The highest BCUT2D eigenvalue weighted by Gasteiger charge is 2.18. The van der Waals surface area contributed by atoms with Gasteiger partial charge in [0.05, 0.1) is 11.3 Å². The van der Waals surface area contributed by atoms with E-state index in [1.54, 1.807) is 0 Å². The van der Waals surface area contributed by atoms with E-state index in [-0.39, 0.29) is 17.9 Å². The molecule has 0 aliphatic heterocycles. The van der Waals surface area contributed by atoms with E-state index in [2.05, 4.69) is 0 Å². The van der Waals surface area contributed by atoms with Crippen LogP contribution in [0.4, 0.5) is 5.69 Å². The quantitative estimate of drug-likeness (QED) is 0.319. The molecular weight excluding hydrogens is 242 g/mol. The Morgan fingerprint density at radius 1 is 1.33 bits per heavy atom. The van der Waals surface area contributed by atoms with Crippen molar-refractivity contribution < 1.29 is 19.2 Å². The lowest BCUT2D eigenvalue weighted by atomic mass is 10.2. The van der Waals surface area contributed by atoms with Crippen LogP contribution in [0.3, 0.4) is 0 Å². The molecule has 18 heavy (non-hydrogen) atoms. The van der Waals surface area contributed by atoms with Gasteiger partial charge in [-0.05, 0) is 12.1 Å². The summed E-state index contributed by atoms with van der Waals surface area (Å²) in [5.74, 6) is -1.45. The Bertz CT molecular complexity index is 471. The number of non-ortho nitro benzene ring substituents is 1. The topological polar surface area (TPSA) is 139 Å². The third-order valence-corrected chi connectivity index (χ3v) is 1.99. The first-order chi connectivity index (χ1) is 8.40. The summed E-state index contributed by atoms with van der Waals surface area (Å²) in [7, 11) is 0. The van der Waals surface area contributed by atoms with Crippen molar-refractivity contribution in [2.45, 2.75) is 12.5 Å². The molecule has 1 unspecified atom stereocenters. The number of rotatable bonds is 5. The molecule has 0 aliphatic carbocycles. The highest BCUT2D eigenvalue weighted by molar-refractivity contribution is 5.85. The van der Waals surface area contributed by atoms with Gasteiger partial charge in [0, 0.05) is 12.1 Å². The predicted octanol–water partition coefficient (Wildman–Crippen LogP) is -0.297. The first-order valence-electron chi connectivity index (χ1n) is 4.90. The van der Waals surface area contributed by atoms with Crippen molar-refractivity contribution in [1.29, 1.82) is 0 Å². The van der Waals surface area contributed by atoms with Gasteiger partial charge in [0.25, 0.3) is 5.69 Å². The number of hydrogen-bond acceptors (Lipinski definition) is 6. The van der Waals surface area contributed by atoms with Crippen LogP contribution in [0, 0.1) is 10.1 Å². The summed E-state index contributed by atoms with van der Waals surface area (Å²) in [4.78, 5) is 31.7. The van der Waals surface area contributed by atoms with Gasteiger partial charge in [-0.2, -0.15) is 0 Å². The van der Waals surface area contributed by atoms with Crippen LogP contribution < -0.4 is 16.2 Å². The normalized spacial score (nSPS) is 11.6. The first-order valence-corrected chi connectivity index (χ1v) is 4.90. The van der Waals surface area contributed by atoms with Crippen LogP contribution in [0.25, 0.3) is 0 Å². The van der Waals surface area contributed by atoms with E-state index in [1.165, 1.54) is 24.3 Å². The Kier molecular flexibility index (Phi) is 4.33. The number of esters is 1. The molecule has 96 valence electrons. The van der Waals surface area contributed by atoms with Crippen molar-refractivity contribution in [2.75, 3.05) is 0 Å². The number of amides is 1. The molecule has 0 radical (unpaired) electrons. The standard InChI is InChI=1S/C10H11N3O5/c11-8(5-9(12)14)10(15)18-7-3-1-6(2-4-7)13(16)17/h1-4,8H,5,11H2,(H2,12,14). The van der Waals surface area contributed by atoms with Crippen molar-refractivity contribution in [3.05, 3.63) is 34.4 Å². The van der Waals surface area contributed by atoms with Gasteiger partial charge in [0.1, 0.15) is 11.8 Å². The molecule has 0 bridgehead atoms. The molecule has 0 spiro atoms. The van der Waals surface area contributed by atoms with Crippen molar-refractivity contribution in [3.63, 3.8) is 0 Å². The number of ether oxygens (including phenoxy) is 1. The minimum Gasteiger partial charge on any atom is -0.425 e. The van der Waals surface area contributed by atoms with E-state index in [4.69, 9.17) is 16.2 Å². The fourth-order valence-electron chi connectivity index (χ4n) is 1.13. The van der Waals surface area contributed by atoms with Gasteiger partial charge < -0.3 is 16.2 Å². The fourth-order valence-corrected chi connectivity index (χ4v) is 1.13. The molecule has 0 aromatic heterocycles. The van der Waals surface area contributed by atoms with Gasteiger partial charge >= 0.3 is 5.97 Å². The van der Waals surface area contributed by atoms with Crippen molar-refractivity contribution in [3.8, 4) is 5.75 Å². The molecule has 1 rings (SSSR count). The zero-order valence-electron chi connectivity index (χ0n) is 9.24. The Balaban J connectivity index is 2.64. The highest BCUT2D eigenvalue weighted by Crippen LogP contribution is 2.17. The lowest BCUT2D eigenvalue weighted by Crippen LogP contribution is -2.37. The molecule has 1 aromatic carbocycles. The van der Waals surface area contributed by atoms with Gasteiger partial charge in [0.2, 0.25) is 5.91 Å². The number of nitro benzene ring substituents is 1. The number of primary amides is 1. The molecule has 0 fully saturated rings. The minimum absolute atomic E-state index is 0.102. The number of benzene rings is 1. The molecule has 1 amide bonds. The van der Waals surface area contributed by atoms with E-state index >= 15 is 0 Å². The van der Waals surface area contributed by atoms with Crippen LogP contribution in [0.1, 0.15) is 6.42 Å². The Labute approximate surface area is 102 Å². The van der Waals surface area contributed by atoms with Crippen LogP contribution >= 0.6 is 0 Å². The summed E-state index contributed by atoms with van der Waals surface area (Å²) >= 11 is 0. The van der Waals surface area contributed by atoms with E-state index in [0.29, 0.717) is 0 Å². The van der Waals surface area contributed by atoms with Crippen LogP contribution in [-0.2, 0) is 9.59 Å². The van der Waals surface area contributed by atoms with E-state index < -0.39 is 22.8 Å². The number of nitrogens with two attached hydrogens (primary N) is 2. The number of carbonyl (C=O) groups excluding carboxylic acids is 2. The summed E-state index contributed by atoms with van der Waals surface area (Å²) in [6.45, 7) is 0. The summed E-state index contributed by atoms with van der Waals surface area (Å²) < 4.78 is 4.82. The average molecular weight is 253 g/mol. The molecule has 0 aliphatic rings. The lowest BCUT2D eigenvalue weighted by molar-refractivity contribution is -0.384. The van der Waals surface area contributed by atoms with Gasteiger partial charge in [-0.25, -0.2) is 4.79 Å². The third-order valence-electron chi connectivity index (χ3n) is 1.99. The van der Waals surface area contributed by atoms with E-state index in [0.717, 1.165) is 0 Å². The lowest BCUT2D eigenvalue weighted by Gasteiger charge is -2.09. The Hall–Kier alpha value is -2.48. The molecule has 8 heteroatoms. The second-order valence-electron chi connectivity index (χ2n) is 3.45. The smallest absolute Gasteiger partial charge is 0.328 e. The summed E-state index contributed by atoms with van der Waals surface area (Å²) in [6, 6.07) is 3.72. The van der Waals surface area contributed by atoms with Gasteiger partial charge in [-0.3, -0.25) is 14.9 Å². The van der Waals surface area contributed by atoms with Crippen molar-refractivity contribution >= 4 is 17.6 Å². The van der Waals surface area contributed by atoms with Crippen LogP contribution in [-0.4, -0.2) is 22.8 Å². The number of carbonyl (C=O) groups is 2. The highest BCUT2D eigenvalue weighted by atomic mass is 16.6. The minimum atomic E-state index is -1.15. The van der Waals surface area contributed by atoms with Gasteiger partial charge in [0.15, 0.2) is 0 Å².